The van der Waals surface area contributed by atoms with Crippen LogP contribution in [-0.4, -0.2) is 30.5 Å². The summed E-state index contributed by atoms with van der Waals surface area (Å²) in [4.78, 5) is 12.0. The van der Waals surface area contributed by atoms with Crippen LogP contribution in [0.15, 0.2) is 18.3 Å². The third-order valence-corrected chi connectivity index (χ3v) is 3.55. The molecule has 7 nitrogen and oxygen atoms in total. The zero-order chi connectivity index (χ0) is 13.8. The van der Waals surface area contributed by atoms with E-state index in [2.05, 4.69) is 0 Å². The third kappa shape index (κ3) is 4.06. The van der Waals surface area contributed by atoms with Gasteiger partial charge in [-0.2, -0.15) is 0 Å². The van der Waals surface area contributed by atoms with Gasteiger partial charge in [-0.1, -0.05) is 4.89 Å². The van der Waals surface area contributed by atoms with Gasteiger partial charge >= 0.3 is 5.97 Å². The predicted octanol–water partition coefficient (Wildman–Crippen LogP) is -0.321. The van der Waals surface area contributed by atoms with Crippen molar-refractivity contribution in [1.82, 2.24) is 4.89 Å². The van der Waals surface area contributed by atoms with Crippen molar-refractivity contribution in [2.45, 2.75) is 19.9 Å². The highest BCUT2D eigenvalue weighted by Gasteiger charge is 2.14. The van der Waals surface area contributed by atoms with Gasteiger partial charge < -0.3 is 10.3 Å². The van der Waals surface area contributed by atoms with E-state index in [0.29, 0.717) is 6.54 Å². The molecule has 0 unspecified atom stereocenters. The second kappa shape index (κ2) is 5.89. The SMILES string of the molecule is Cc1ccc(C(=O)O)c[n+]1CCCS(=O)(=O)NO. The fourth-order valence-electron chi connectivity index (χ4n) is 1.46. The van der Waals surface area contributed by atoms with Crippen LogP contribution in [0.1, 0.15) is 22.5 Å². The normalized spacial score (nSPS) is 11.4. The number of hydrogen-bond donors (Lipinski definition) is 3. The molecular weight excluding hydrogens is 260 g/mol. The molecule has 1 aromatic rings. The van der Waals surface area contributed by atoms with Gasteiger partial charge in [-0.05, 0) is 6.07 Å². The Kier molecular flexibility index (Phi) is 4.76. The van der Waals surface area contributed by atoms with Crippen LogP contribution in [0.5, 0.6) is 0 Å². The van der Waals surface area contributed by atoms with Gasteiger partial charge in [0.15, 0.2) is 11.9 Å². The summed E-state index contributed by atoms with van der Waals surface area (Å²) in [5, 5.41) is 17.2. The van der Waals surface area contributed by atoms with Crippen LogP contribution in [-0.2, 0) is 16.6 Å². The van der Waals surface area contributed by atoms with Gasteiger partial charge in [-0.15, -0.1) is 0 Å². The Morgan fingerprint density at radius 2 is 2.11 bits per heavy atom. The molecule has 1 aromatic heterocycles. The van der Waals surface area contributed by atoms with Gasteiger partial charge in [0.05, 0.1) is 5.75 Å². The Bertz CT molecular complexity index is 541. The molecule has 0 bridgehead atoms. The molecule has 18 heavy (non-hydrogen) atoms. The first-order valence-electron chi connectivity index (χ1n) is 5.22. The lowest BCUT2D eigenvalue weighted by Crippen LogP contribution is -2.39. The number of rotatable bonds is 6. The summed E-state index contributed by atoms with van der Waals surface area (Å²) in [7, 11) is -3.65. The molecule has 1 rings (SSSR count). The maximum absolute atomic E-state index is 11.0. The number of nitrogens with one attached hydrogen (secondary N) is 1. The fraction of sp³-hybridized carbons (Fsp3) is 0.400. The number of carboxylic acid groups (broad SMARTS) is 1. The van der Waals surface area contributed by atoms with Crippen LogP contribution in [0.25, 0.3) is 0 Å². The first-order valence-corrected chi connectivity index (χ1v) is 6.88. The van der Waals surface area contributed by atoms with Crippen LogP contribution in [0.3, 0.4) is 0 Å². The summed E-state index contributed by atoms with van der Waals surface area (Å²) in [5.41, 5.74) is 0.970. The first kappa shape index (κ1) is 14.6. The fourth-order valence-corrected chi connectivity index (χ4v) is 2.06. The van der Waals surface area contributed by atoms with Crippen molar-refractivity contribution in [2.24, 2.45) is 0 Å². The summed E-state index contributed by atoms with van der Waals surface area (Å²) in [6.07, 6.45) is 1.72. The molecule has 0 amide bonds. The van der Waals surface area contributed by atoms with E-state index < -0.39 is 16.0 Å². The molecule has 0 aliphatic heterocycles. The van der Waals surface area contributed by atoms with Gasteiger partial charge in [-0.3, -0.25) is 0 Å². The van der Waals surface area contributed by atoms with Crippen molar-refractivity contribution >= 4 is 16.0 Å². The minimum atomic E-state index is -3.65. The number of carbonyl (C=O) groups is 1. The van der Waals surface area contributed by atoms with E-state index in [-0.39, 0.29) is 17.7 Å². The van der Waals surface area contributed by atoms with Crippen LogP contribution in [0.2, 0.25) is 0 Å². The van der Waals surface area contributed by atoms with Crippen molar-refractivity contribution < 1.29 is 28.1 Å². The number of nitrogens with zero attached hydrogens (tertiary/aromatic N) is 1. The van der Waals surface area contributed by atoms with Crippen molar-refractivity contribution in [1.29, 1.82) is 0 Å². The molecule has 0 spiro atoms. The lowest BCUT2D eigenvalue weighted by atomic mass is 10.2. The van der Waals surface area contributed by atoms with E-state index in [4.69, 9.17) is 10.3 Å². The Morgan fingerprint density at radius 1 is 1.44 bits per heavy atom. The van der Waals surface area contributed by atoms with Gasteiger partial charge in [-0.25, -0.2) is 17.8 Å². The maximum atomic E-state index is 11.0. The predicted molar refractivity (Wildman–Crippen MR) is 61.7 cm³/mol. The van der Waals surface area contributed by atoms with E-state index in [1.165, 1.54) is 17.1 Å². The quantitative estimate of drug-likeness (QED) is 0.487. The molecule has 8 heteroatoms. The highest BCUT2D eigenvalue weighted by Crippen LogP contribution is 1.99. The van der Waals surface area contributed by atoms with Crippen molar-refractivity contribution in [3.63, 3.8) is 0 Å². The van der Waals surface area contributed by atoms with Gasteiger partial charge in [0.1, 0.15) is 12.1 Å². The number of hydrogen-bond acceptors (Lipinski definition) is 4. The molecule has 0 aliphatic rings. The number of carboxylic acids is 1. The Labute approximate surface area is 105 Å². The van der Waals surface area contributed by atoms with E-state index >= 15 is 0 Å². The topological polar surface area (TPSA) is 108 Å². The number of pyridine rings is 1. The standard InChI is InChI=1S/C10H14N2O5S/c1-8-3-4-9(10(13)14)7-12(8)5-2-6-18(16,17)11-15/h3-4,7,11,15H,2,5-6H2,1H3/p+1. The second-order valence-corrected chi connectivity index (χ2v) is 5.64. The molecule has 1 heterocycles. The van der Waals surface area contributed by atoms with E-state index in [1.807, 2.05) is 0 Å². The molecule has 0 radical (unpaired) electrons. The van der Waals surface area contributed by atoms with Crippen molar-refractivity contribution in [3.8, 4) is 0 Å². The molecule has 3 N–H and O–H groups in total. The van der Waals surface area contributed by atoms with Gasteiger partial charge in [0.2, 0.25) is 10.0 Å². The Morgan fingerprint density at radius 3 is 2.67 bits per heavy atom. The van der Waals surface area contributed by atoms with E-state index in [1.54, 1.807) is 17.6 Å². The number of sulfonamides is 1. The average molecular weight is 275 g/mol. The number of aromatic nitrogens is 1. The lowest BCUT2D eigenvalue weighted by Gasteiger charge is -2.02. The average Bonchev–Trinajstić information content (AvgIpc) is 2.31. The Hall–Kier alpha value is -1.51. The highest BCUT2D eigenvalue weighted by atomic mass is 32.2. The molecule has 0 atom stereocenters. The third-order valence-electron chi connectivity index (χ3n) is 2.45. The van der Waals surface area contributed by atoms with Crippen LogP contribution in [0.4, 0.5) is 0 Å². The summed E-state index contributed by atoms with van der Waals surface area (Å²) >= 11 is 0. The molecule has 0 aromatic carbocycles. The maximum Gasteiger partial charge on any atom is 0.341 e. The summed E-state index contributed by atoms with van der Waals surface area (Å²) in [6, 6.07) is 3.14. The Balaban J connectivity index is 2.73. The largest absolute Gasteiger partial charge is 0.477 e. The number of aromatic carboxylic acids is 1. The summed E-state index contributed by atoms with van der Waals surface area (Å²) in [5.74, 6) is -1.26. The lowest BCUT2D eigenvalue weighted by molar-refractivity contribution is -0.702. The van der Waals surface area contributed by atoms with Gasteiger partial charge in [0.25, 0.3) is 0 Å². The minimum absolute atomic E-state index is 0.142. The second-order valence-electron chi connectivity index (χ2n) is 3.82. The summed E-state index contributed by atoms with van der Waals surface area (Å²) < 4.78 is 23.6. The zero-order valence-corrected chi connectivity index (χ0v) is 10.6. The van der Waals surface area contributed by atoms with E-state index in [9.17, 15) is 13.2 Å². The zero-order valence-electron chi connectivity index (χ0n) is 9.83. The first-order chi connectivity index (χ1) is 8.35. The smallest absolute Gasteiger partial charge is 0.341 e. The monoisotopic (exact) mass is 275 g/mol. The molecule has 0 aliphatic carbocycles. The van der Waals surface area contributed by atoms with Gasteiger partial charge in [0, 0.05) is 19.4 Å². The minimum Gasteiger partial charge on any atom is -0.477 e. The van der Waals surface area contributed by atoms with E-state index in [0.717, 1.165) is 5.69 Å². The molecule has 100 valence electrons. The highest BCUT2D eigenvalue weighted by molar-refractivity contribution is 7.89. The molecule has 0 fully saturated rings. The van der Waals surface area contributed by atoms with Crippen LogP contribution >= 0.6 is 0 Å². The number of aryl methyl sites for hydroxylation is 2. The van der Waals surface area contributed by atoms with Crippen molar-refractivity contribution in [2.75, 3.05) is 5.75 Å². The molecule has 0 saturated carbocycles. The van der Waals surface area contributed by atoms with Crippen molar-refractivity contribution in [3.05, 3.63) is 29.6 Å². The van der Waals surface area contributed by atoms with Crippen LogP contribution in [0, 0.1) is 6.92 Å². The molecule has 0 saturated heterocycles. The van der Waals surface area contributed by atoms with Crippen LogP contribution < -0.4 is 9.45 Å². The summed E-state index contributed by atoms with van der Waals surface area (Å²) in [6.45, 7) is 2.15. The molecular formula is C10H15N2O5S+.